The van der Waals surface area contributed by atoms with Crippen molar-refractivity contribution in [3.05, 3.63) is 11.6 Å². The molecule has 1 amide bonds. The second-order valence-electron chi connectivity index (χ2n) is 17.5. The van der Waals surface area contributed by atoms with Crippen molar-refractivity contribution >= 4 is 17.7 Å². The molecule has 0 aromatic heterocycles. The van der Waals surface area contributed by atoms with Crippen molar-refractivity contribution in [1.29, 1.82) is 0 Å². The van der Waals surface area contributed by atoms with E-state index in [1.807, 2.05) is 20.8 Å². The summed E-state index contributed by atoms with van der Waals surface area (Å²) in [4.78, 5) is 40.3. The molecule has 5 aliphatic rings. The fourth-order valence-electron chi connectivity index (χ4n) is 10.8. The van der Waals surface area contributed by atoms with Gasteiger partial charge in [0.05, 0.1) is 0 Å². The number of hydrogen-bond acceptors (Lipinski definition) is 4. The maximum absolute atomic E-state index is 14.6. The first-order valence-electron chi connectivity index (χ1n) is 16.0. The summed E-state index contributed by atoms with van der Waals surface area (Å²) in [5.41, 5.74) is 0.208. The Morgan fingerprint density at radius 1 is 0.950 bits per heavy atom. The number of rotatable bonds is 2. The van der Waals surface area contributed by atoms with Crippen molar-refractivity contribution in [1.82, 2.24) is 5.32 Å². The molecule has 4 saturated carbocycles. The molecule has 7 atom stereocenters. The van der Waals surface area contributed by atoms with E-state index < -0.39 is 5.60 Å². The smallest absolute Gasteiger partial charge is 0.407 e. The number of nitrogens with one attached hydrogen (secondary N) is 1. The third-order valence-corrected chi connectivity index (χ3v) is 13.3. The monoisotopic (exact) mass is 553 g/mol. The molecule has 0 saturated heterocycles. The Kier molecular flexibility index (Phi) is 6.66. The summed E-state index contributed by atoms with van der Waals surface area (Å²) >= 11 is 0. The number of alkyl carbamates (subject to hydrolysis) is 1. The van der Waals surface area contributed by atoms with E-state index in [1.54, 1.807) is 0 Å². The van der Waals surface area contributed by atoms with E-state index in [0.717, 1.165) is 51.4 Å². The molecule has 4 fully saturated rings. The molecule has 5 nitrogen and oxygen atoms in total. The standard InChI is InChI=1S/C35H55NO4/c1-29(2,3)40-28(39)36-21-35-17-15-30(4,5)20-22(35)27-23(37)19-25-32(8)13-12-26(38)31(6,7)24(32)11-14-33(25,9)34(27,10)16-18-35/h19,22,24,27H,11-18,20-21H2,1-10H3,(H,36,39)/t22-,24-,27-,32-,33+,34+,35+/m0/s1. The Labute approximate surface area is 243 Å². The molecular weight excluding hydrogens is 498 g/mol. The number of Topliss-reactive ketones (excluding diaryl/α,β-unsaturated/α-hetero) is 1. The molecule has 0 unspecified atom stereocenters. The van der Waals surface area contributed by atoms with Gasteiger partial charge in [-0.25, -0.2) is 4.79 Å². The second-order valence-corrected chi connectivity index (χ2v) is 17.5. The van der Waals surface area contributed by atoms with Crippen LogP contribution < -0.4 is 5.32 Å². The summed E-state index contributed by atoms with van der Waals surface area (Å²) in [5, 5.41) is 3.15. The van der Waals surface area contributed by atoms with E-state index >= 15 is 0 Å². The molecule has 0 aromatic carbocycles. The number of allylic oxidation sites excluding steroid dienone is 2. The Hall–Kier alpha value is -1.65. The van der Waals surface area contributed by atoms with Crippen molar-refractivity contribution in [2.75, 3.05) is 6.54 Å². The lowest BCUT2D eigenvalue weighted by atomic mass is 9.34. The van der Waals surface area contributed by atoms with Crippen LogP contribution in [0.4, 0.5) is 4.79 Å². The summed E-state index contributed by atoms with van der Waals surface area (Å²) in [6, 6.07) is 0. The highest BCUT2D eigenvalue weighted by molar-refractivity contribution is 5.96. The first kappa shape index (κ1) is 29.8. The SMILES string of the molecule is CC1(C)CC[C@]2(CNC(=O)OC(C)(C)C)CC[C@]3(C)[C@H](C(=O)C=C4[C@@]5(C)CCC(=O)C(C)(C)[C@@H]5CC[C@]43C)[C@@H]2C1. The molecule has 40 heavy (non-hydrogen) atoms. The van der Waals surface area contributed by atoms with Crippen LogP contribution in [-0.2, 0) is 14.3 Å². The van der Waals surface area contributed by atoms with Crippen LogP contribution in [0.3, 0.4) is 0 Å². The minimum Gasteiger partial charge on any atom is -0.444 e. The summed E-state index contributed by atoms with van der Waals surface area (Å²) < 4.78 is 5.62. The number of amides is 1. The van der Waals surface area contributed by atoms with Gasteiger partial charge in [0.2, 0.25) is 0 Å². The van der Waals surface area contributed by atoms with Gasteiger partial charge in [0.15, 0.2) is 5.78 Å². The largest absolute Gasteiger partial charge is 0.444 e. The third-order valence-electron chi connectivity index (χ3n) is 13.3. The number of hydrogen-bond donors (Lipinski definition) is 1. The van der Waals surface area contributed by atoms with Crippen LogP contribution in [0.2, 0.25) is 0 Å². The first-order valence-corrected chi connectivity index (χ1v) is 16.0. The van der Waals surface area contributed by atoms with Crippen LogP contribution in [0.25, 0.3) is 0 Å². The van der Waals surface area contributed by atoms with Gasteiger partial charge in [0, 0.05) is 24.3 Å². The normalized spacial score (nSPS) is 43.9. The zero-order chi connectivity index (χ0) is 29.7. The number of ketones is 2. The molecule has 224 valence electrons. The van der Waals surface area contributed by atoms with Gasteiger partial charge in [-0.15, -0.1) is 0 Å². The maximum Gasteiger partial charge on any atom is 0.407 e. The average Bonchev–Trinajstić information content (AvgIpc) is 2.81. The van der Waals surface area contributed by atoms with Gasteiger partial charge in [0.25, 0.3) is 0 Å². The zero-order valence-electron chi connectivity index (χ0n) is 27.0. The molecule has 0 aromatic rings. The van der Waals surface area contributed by atoms with Gasteiger partial charge in [-0.2, -0.15) is 0 Å². The van der Waals surface area contributed by atoms with Gasteiger partial charge < -0.3 is 10.1 Å². The first-order chi connectivity index (χ1) is 18.2. The van der Waals surface area contributed by atoms with Crippen LogP contribution in [-0.4, -0.2) is 29.8 Å². The number of carbonyl (C=O) groups is 3. The fourth-order valence-corrected chi connectivity index (χ4v) is 10.8. The molecule has 0 spiro atoms. The van der Waals surface area contributed by atoms with Gasteiger partial charge in [0.1, 0.15) is 11.4 Å². The Bertz CT molecular complexity index is 1140. The molecular formula is C35H55NO4. The highest BCUT2D eigenvalue weighted by atomic mass is 16.6. The number of fused-ring (bicyclic) bond motifs is 7. The molecule has 5 heteroatoms. The van der Waals surface area contributed by atoms with Crippen LogP contribution in [0, 0.1) is 50.2 Å². The van der Waals surface area contributed by atoms with Crippen molar-refractivity contribution in [3.8, 4) is 0 Å². The molecule has 0 radical (unpaired) electrons. The Balaban J connectivity index is 1.54. The quantitative estimate of drug-likeness (QED) is 0.375. The highest BCUT2D eigenvalue weighted by Gasteiger charge is 2.69. The van der Waals surface area contributed by atoms with Crippen LogP contribution in [0.15, 0.2) is 11.6 Å². The van der Waals surface area contributed by atoms with E-state index in [0.29, 0.717) is 24.5 Å². The lowest BCUT2D eigenvalue weighted by Crippen LogP contribution is -2.66. The van der Waals surface area contributed by atoms with Crippen molar-refractivity contribution < 1.29 is 19.1 Å². The minimum atomic E-state index is -0.538. The van der Waals surface area contributed by atoms with E-state index in [4.69, 9.17) is 4.74 Å². The molecule has 5 rings (SSSR count). The average molecular weight is 554 g/mol. The van der Waals surface area contributed by atoms with Crippen LogP contribution in [0.5, 0.6) is 0 Å². The maximum atomic E-state index is 14.6. The second kappa shape index (κ2) is 8.93. The summed E-state index contributed by atoms with van der Waals surface area (Å²) in [6.45, 7) is 22.5. The van der Waals surface area contributed by atoms with Crippen molar-refractivity contribution in [2.24, 2.45) is 50.2 Å². The van der Waals surface area contributed by atoms with Gasteiger partial charge in [-0.1, -0.05) is 54.0 Å². The van der Waals surface area contributed by atoms with E-state index in [2.05, 4.69) is 59.9 Å². The van der Waals surface area contributed by atoms with E-state index in [-0.39, 0.29) is 56.3 Å². The van der Waals surface area contributed by atoms with Crippen LogP contribution >= 0.6 is 0 Å². The van der Waals surface area contributed by atoms with Gasteiger partial charge >= 0.3 is 6.09 Å². The minimum absolute atomic E-state index is 0.0478. The zero-order valence-corrected chi connectivity index (χ0v) is 27.0. The third kappa shape index (κ3) is 4.25. The summed E-state index contributed by atoms with van der Waals surface area (Å²) in [5.74, 6) is 1.14. The molecule has 0 aliphatic heterocycles. The topological polar surface area (TPSA) is 72.5 Å². The predicted octanol–water partition coefficient (Wildman–Crippen LogP) is 8.06. The van der Waals surface area contributed by atoms with Gasteiger partial charge in [-0.05, 0) is 117 Å². The molecule has 5 aliphatic carbocycles. The molecule has 0 bridgehead atoms. The summed E-state index contributed by atoms with van der Waals surface area (Å²) in [7, 11) is 0. The Morgan fingerprint density at radius 2 is 1.60 bits per heavy atom. The van der Waals surface area contributed by atoms with E-state index in [1.165, 1.54) is 5.57 Å². The van der Waals surface area contributed by atoms with Crippen molar-refractivity contribution in [3.63, 3.8) is 0 Å². The number of carbonyl (C=O) groups excluding carboxylic acids is 3. The fraction of sp³-hybridized carbons (Fsp3) is 0.857. The lowest BCUT2D eigenvalue weighted by molar-refractivity contribution is -0.174. The van der Waals surface area contributed by atoms with Crippen LogP contribution in [0.1, 0.15) is 127 Å². The molecule has 1 N–H and O–H groups in total. The number of ether oxygens (including phenoxy) is 1. The predicted molar refractivity (Wildman–Crippen MR) is 159 cm³/mol. The van der Waals surface area contributed by atoms with Crippen molar-refractivity contribution in [2.45, 2.75) is 133 Å². The van der Waals surface area contributed by atoms with E-state index in [9.17, 15) is 14.4 Å². The molecule has 0 heterocycles. The lowest BCUT2D eigenvalue weighted by Gasteiger charge is -2.70. The summed E-state index contributed by atoms with van der Waals surface area (Å²) in [6.07, 6.45) is 10.4. The highest BCUT2D eigenvalue weighted by Crippen LogP contribution is 2.74. The van der Waals surface area contributed by atoms with Gasteiger partial charge in [-0.3, -0.25) is 9.59 Å². The Morgan fingerprint density at radius 3 is 2.25 bits per heavy atom.